The van der Waals surface area contributed by atoms with Gasteiger partial charge in [-0.25, -0.2) is 0 Å². The van der Waals surface area contributed by atoms with E-state index in [9.17, 15) is 0 Å². The summed E-state index contributed by atoms with van der Waals surface area (Å²) in [6, 6.07) is 0. The maximum absolute atomic E-state index is 5.27. The standard InChI is InChI=1S/C10H20B/c1-3-10(2)8-6-4-5-7-9-11/h9-10H,3-8H2,1-2H3. The summed E-state index contributed by atoms with van der Waals surface area (Å²) in [5.41, 5.74) is 0. The van der Waals surface area contributed by atoms with E-state index in [1.54, 1.807) is 5.97 Å². The third kappa shape index (κ3) is 7.84. The van der Waals surface area contributed by atoms with Crippen LogP contribution in [0.2, 0.25) is 0 Å². The quantitative estimate of drug-likeness (QED) is 0.387. The molecular weight excluding hydrogens is 131 g/mol. The normalized spacial score (nSPS) is 12.8. The Labute approximate surface area is 72.5 Å². The Morgan fingerprint density at radius 1 is 1.27 bits per heavy atom. The second kappa shape index (κ2) is 8.04. The van der Waals surface area contributed by atoms with Crippen molar-refractivity contribution in [2.45, 2.75) is 52.4 Å². The molecule has 0 rings (SSSR count). The summed E-state index contributed by atoms with van der Waals surface area (Å²) in [4.78, 5) is 0. The molecule has 11 heavy (non-hydrogen) atoms. The first-order valence-electron chi connectivity index (χ1n) is 4.84. The molecule has 0 saturated heterocycles. The van der Waals surface area contributed by atoms with Gasteiger partial charge in [0.15, 0.2) is 0 Å². The Morgan fingerprint density at radius 2 is 2.00 bits per heavy atom. The summed E-state index contributed by atoms with van der Waals surface area (Å²) in [7, 11) is 5.27. The van der Waals surface area contributed by atoms with Crippen LogP contribution >= 0.6 is 0 Å². The van der Waals surface area contributed by atoms with E-state index in [1.807, 2.05) is 0 Å². The molecule has 1 atom stereocenters. The summed E-state index contributed by atoms with van der Waals surface area (Å²) in [5.74, 6) is 2.68. The maximum atomic E-state index is 5.27. The summed E-state index contributed by atoms with van der Waals surface area (Å²) in [6.45, 7) is 4.59. The molecule has 0 aliphatic carbocycles. The van der Waals surface area contributed by atoms with Gasteiger partial charge in [-0.15, -0.1) is 0 Å². The minimum absolute atomic E-state index is 0.914. The molecule has 1 heteroatoms. The molecular formula is C10H20B. The van der Waals surface area contributed by atoms with Gasteiger partial charge in [0.05, 0.1) is 0 Å². The van der Waals surface area contributed by atoms with Crippen LogP contribution < -0.4 is 0 Å². The Morgan fingerprint density at radius 3 is 2.55 bits per heavy atom. The van der Waals surface area contributed by atoms with Crippen molar-refractivity contribution in [1.29, 1.82) is 0 Å². The molecule has 0 aromatic rings. The average molecular weight is 151 g/mol. The molecule has 0 fully saturated rings. The van der Waals surface area contributed by atoms with Gasteiger partial charge in [0, 0.05) is 0 Å². The molecule has 1 unspecified atom stereocenters. The molecule has 0 nitrogen and oxygen atoms in total. The van der Waals surface area contributed by atoms with E-state index in [2.05, 4.69) is 13.8 Å². The van der Waals surface area contributed by atoms with E-state index in [0.717, 1.165) is 12.3 Å². The molecule has 0 aromatic heterocycles. The zero-order valence-corrected chi connectivity index (χ0v) is 7.97. The molecule has 0 N–H and O–H groups in total. The van der Waals surface area contributed by atoms with Gasteiger partial charge in [0.1, 0.15) is 0 Å². The molecule has 0 aliphatic heterocycles. The van der Waals surface area contributed by atoms with Crippen molar-refractivity contribution in [3.8, 4) is 0 Å². The Balaban J connectivity index is 2.95. The van der Waals surface area contributed by atoms with Crippen LogP contribution in [0.3, 0.4) is 0 Å². The minimum atomic E-state index is 0.914. The third-order valence-electron chi connectivity index (χ3n) is 2.26. The Hall–Kier alpha value is -0.0651. The molecule has 0 spiro atoms. The SMILES string of the molecule is [B]=CCCCCCC(C)CC. The van der Waals surface area contributed by atoms with Crippen LogP contribution in [0.25, 0.3) is 0 Å². The van der Waals surface area contributed by atoms with Gasteiger partial charge in [0.25, 0.3) is 0 Å². The number of hydrogen-bond donors (Lipinski definition) is 0. The average Bonchev–Trinajstić information content (AvgIpc) is 2.04. The van der Waals surface area contributed by atoms with Crippen molar-refractivity contribution < 1.29 is 0 Å². The van der Waals surface area contributed by atoms with E-state index in [0.29, 0.717) is 0 Å². The van der Waals surface area contributed by atoms with E-state index in [-0.39, 0.29) is 0 Å². The zero-order chi connectivity index (χ0) is 8.53. The predicted molar refractivity (Wildman–Crippen MR) is 54.4 cm³/mol. The molecule has 0 saturated carbocycles. The van der Waals surface area contributed by atoms with Crippen molar-refractivity contribution >= 4 is 13.5 Å². The summed E-state index contributed by atoms with van der Waals surface area (Å²) < 4.78 is 0. The zero-order valence-electron chi connectivity index (χ0n) is 7.97. The van der Waals surface area contributed by atoms with Crippen LogP contribution in [0.15, 0.2) is 0 Å². The second-order valence-electron chi connectivity index (χ2n) is 3.39. The van der Waals surface area contributed by atoms with E-state index in [1.165, 1.54) is 32.1 Å². The van der Waals surface area contributed by atoms with Gasteiger partial charge in [-0.2, -0.15) is 0 Å². The van der Waals surface area contributed by atoms with Crippen LogP contribution in [-0.4, -0.2) is 13.5 Å². The number of unbranched alkanes of at least 4 members (excludes halogenated alkanes) is 3. The van der Waals surface area contributed by atoms with Crippen molar-refractivity contribution in [2.75, 3.05) is 0 Å². The fraction of sp³-hybridized carbons (Fsp3) is 0.900. The van der Waals surface area contributed by atoms with Gasteiger partial charge in [-0.3, -0.25) is 0 Å². The number of hydrogen-bond acceptors (Lipinski definition) is 0. The third-order valence-corrected chi connectivity index (χ3v) is 2.26. The van der Waals surface area contributed by atoms with Gasteiger partial charge in [0.2, 0.25) is 0 Å². The first-order chi connectivity index (χ1) is 5.31. The molecule has 0 amide bonds. The van der Waals surface area contributed by atoms with Gasteiger partial charge >= 0.3 is 71.7 Å². The van der Waals surface area contributed by atoms with Gasteiger partial charge in [-0.1, -0.05) is 0 Å². The summed E-state index contributed by atoms with van der Waals surface area (Å²) >= 11 is 0. The monoisotopic (exact) mass is 151 g/mol. The second-order valence-corrected chi connectivity index (χ2v) is 3.39. The van der Waals surface area contributed by atoms with Crippen LogP contribution in [0, 0.1) is 5.92 Å². The molecule has 1 radical (unpaired) electrons. The van der Waals surface area contributed by atoms with Crippen LogP contribution in [-0.2, 0) is 0 Å². The van der Waals surface area contributed by atoms with Crippen molar-refractivity contribution in [2.24, 2.45) is 5.92 Å². The van der Waals surface area contributed by atoms with Gasteiger partial charge < -0.3 is 0 Å². The number of rotatable bonds is 7. The van der Waals surface area contributed by atoms with Crippen molar-refractivity contribution in [3.05, 3.63) is 0 Å². The molecule has 63 valence electrons. The molecule has 0 bridgehead atoms. The van der Waals surface area contributed by atoms with Crippen molar-refractivity contribution in [1.82, 2.24) is 0 Å². The summed E-state index contributed by atoms with van der Waals surface area (Å²) in [6.07, 6.45) is 7.79. The van der Waals surface area contributed by atoms with Crippen LogP contribution in [0.4, 0.5) is 0 Å². The molecule has 0 heterocycles. The van der Waals surface area contributed by atoms with Crippen LogP contribution in [0.5, 0.6) is 0 Å². The summed E-state index contributed by atoms with van der Waals surface area (Å²) in [5, 5.41) is 0. The van der Waals surface area contributed by atoms with Crippen LogP contribution in [0.1, 0.15) is 52.4 Å². The molecule has 0 aromatic carbocycles. The van der Waals surface area contributed by atoms with Gasteiger partial charge in [-0.05, 0) is 0 Å². The first-order valence-corrected chi connectivity index (χ1v) is 4.84. The predicted octanol–water partition coefficient (Wildman–Crippen LogP) is 2.95. The fourth-order valence-electron chi connectivity index (χ4n) is 1.14. The van der Waals surface area contributed by atoms with E-state index >= 15 is 0 Å². The van der Waals surface area contributed by atoms with E-state index < -0.39 is 0 Å². The topological polar surface area (TPSA) is 0 Å². The first kappa shape index (κ1) is 10.9. The van der Waals surface area contributed by atoms with E-state index in [4.69, 9.17) is 7.49 Å². The Bertz CT molecular complexity index is 88.9. The fourth-order valence-corrected chi connectivity index (χ4v) is 1.14. The van der Waals surface area contributed by atoms with Crippen molar-refractivity contribution in [3.63, 3.8) is 0 Å². The Kier molecular flexibility index (Phi) is 7.99. The molecule has 0 aliphatic rings.